The normalized spacial score (nSPS) is 25.2. The first-order chi connectivity index (χ1) is 16.2. The minimum atomic E-state index is -3.50. The molecule has 1 heterocycles. The number of hydrogen-bond donors (Lipinski definition) is 2. The molecule has 2 N–H and O–H groups in total. The number of piperazine rings is 1. The summed E-state index contributed by atoms with van der Waals surface area (Å²) in [5.74, 6) is 0. The maximum Gasteiger partial charge on any atom is 0.240 e. The first kappa shape index (κ1) is 25.9. The lowest BCUT2D eigenvalue weighted by Gasteiger charge is -2.44. The maximum atomic E-state index is 12.9. The summed E-state index contributed by atoms with van der Waals surface area (Å²) in [6.07, 6.45) is 4.58. The summed E-state index contributed by atoms with van der Waals surface area (Å²) >= 11 is 13.1. The molecule has 0 amide bonds. The molecule has 186 valence electrons. The second kappa shape index (κ2) is 10.9. The fraction of sp³-hybridized carbons (Fsp3) is 0.538. The van der Waals surface area contributed by atoms with Crippen molar-refractivity contribution in [3.05, 3.63) is 63.6 Å². The van der Waals surface area contributed by atoms with Gasteiger partial charge >= 0.3 is 0 Å². The maximum absolute atomic E-state index is 12.9. The average molecular weight is 525 g/mol. The van der Waals surface area contributed by atoms with E-state index in [1.807, 2.05) is 31.2 Å². The zero-order chi connectivity index (χ0) is 24.3. The lowest BCUT2D eigenvalue weighted by molar-refractivity contribution is 0.0901. The van der Waals surface area contributed by atoms with E-state index in [-0.39, 0.29) is 17.5 Å². The molecular formula is C26H35Cl2N3O2S. The Bertz CT molecular complexity index is 1080. The van der Waals surface area contributed by atoms with Gasteiger partial charge in [0.1, 0.15) is 0 Å². The number of sulfonamides is 1. The standard InChI is InChI=1S/C26H35Cl2N3O2S/c1-19-6-8-21(9-7-19)34(32,33)30-20-10-12-26(2,13-11-20)18-24(31-16-14-29-15-17-31)22-4-3-5-23(27)25(22)28/h3-9,20,24,29-30H,10-18H2,1-2H3. The van der Waals surface area contributed by atoms with E-state index < -0.39 is 10.0 Å². The van der Waals surface area contributed by atoms with E-state index in [0.717, 1.165) is 69.4 Å². The largest absolute Gasteiger partial charge is 0.314 e. The molecule has 1 unspecified atom stereocenters. The van der Waals surface area contributed by atoms with Gasteiger partial charge in [0.2, 0.25) is 10.0 Å². The number of halogens is 2. The van der Waals surface area contributed by atoms with Crippen molar-refractivity contribution in [1.29, 1.82) is 0 Å². The molecule has 0 bridgehead atoms. The van der Waals surface area contributed by atoms with Crippen molar-refractivity contribution in [1.82, 2.24) is 14.9 Å². The third kappa shape index (κ3) is 6.15. The molecule has 4 rings (SSSR count). The van der Waals surface area contributed by atoms with Crippen LogP contribution < -0.4 is 10.0 Å². The van der Waals surface area contributed by atoms with E-state index in [0.29, 0.717) is 14.9 Å². The average Bonchev–Trinajstić information content (AvgIpc) is 2.82. The van der Waals surface area contributed by atoms with Gasteiger partial charge in [-0.2, -0.15) is 0 Å². The van der Waals surface area contributed by atoms with Crippen LogP contribution in [-0.2, 0) is 10.0 Å². The zero-order valence-corrected chi connectivity index (χ0v) is 22.3. The first-order valence-electron chi connectivity index (χ1n) is 12.1. The molecule has 5 nitrogen and oxygen atoms in total. The molecule has 1 saturated heterocycles. The highest BCUT2D eigenvalue weighted by Gasteiger charge is 2.37. The van der Waals surface area contributed by atoms with Crippen LogP contribution in [0.5, 0.6) is 0 Å². The number of nitrogens with one attached hydrogen (secondary N) is 2. The van der Waals surface area contributed by atoms with Crippen LogP contribution in [0.15, 0.2) is 47.4 Å². The predicted molar refractivity (Wildman–Crippen MR) is 140 cm³/mol. The molecule has 0 radical (unpaired) electrons. The Kier molecular flexibility index (Phi) is 8.28. The van der Waals surface area contributed by atoms with Crippen LogP contribution in [0.1, 0.15) is 56.2 Å². The van der Waals surface area contributed by atoms with E-state index in [1.165, 1.54) is 0 Å². The summed E-state index contributed by atoms with van der Waals surface area (Å²) in [5, 5.41) is 4.68. The Labute approximate surface area is 214 Å². The van der Waals surface area contributed by atoms with E-state index in [2.05, 4.69) is 27.9 Å². The topological polar surface area (TPSA) is 61.4 Å². The molecule has 0 aromatic heterocycles. The second-order valence-corrected chi connectivity index (χ2v) is 12.7. The van der Waals surface area contributed by atoms with Crippen molar-refractivity contribution in [3.63, 3.8) is 0 Å². The molecule has 8 heteroatoms. The van der Waals surface area contributed by atoms with Gasteiger partial charge in [0.25, 0.3) is 0 Å². The van der Waals surface area contributed by atoms with E-state index in [9.17, 15) is 8.42 Å². The van der Waals surface area contributed by atoms with Crippen LogP contribution in [-0.4, -0.2) is 45.5 Å². The van der Waals surface area contributed by atoms with Gasteiger partial charge in [-0.05, 0) is 68.2 Å². The number of rotatable bonds is 7. The summed E-state index contributed by atoms with van der Waals surface area (Å²) in [4.78, 5) is 2.85. The number of aryl methyl sites for hydroxylation is 1. The highest BCUT2D eigenvalue weighted by atomic mass is 35.5. The summed E-state index contributed by atoms with van der Waals surface area (Å²) in [6.45, 7) is 8.18. The van der Waals surface area contributed by atoms with Gasteiger partial charge in [-0.3, -0.25) is 4.90 Å². The molecule has 2 aliphatic rings. The summed E-state index contributed by atoms with van der Waals surface area (Å²) in [6, 6.07) is 13.1. The van der Waals surface area contributed by atoms with Gasteiger partial charge in [-0.15, -0.1) is 0 Å². The monoisotopic (exact) mass is 523 g/mol. The Morgan fingerprint density at radius 3 is 2.38 bits per heavy atom. The SMILES string of the molecule is Cc1ccc(S(=O)(=O)NC2CCC(C)(CC(c3cccc(Cl)c3Cl)N3CCNCC3)CC2)cc1. The lowest BCUT2D eigenvalue weighted by Crippen LogP contribution is -2.47. The van der Waals surface area contributed by atoms with Crippen molar-refractivity contribution in [2.24, 2.45) is 5.41 Å². The quantitative estimate of drug-likeness (QED) is 0.498. The molecule has 2 aromatic rings. The zero-order valence-electron chi connectivity index (χ0n) is 20.0. The minimum absolute atomic E-state index is 0.0354. The van der Waals surface area contributed by atoms with Crippen molar-refractivity contribution >= 4 is 33.2 Å². The van der Waals surface area contributed by atoms with Gasteiger partial charge < -0.3 is 5.32 Å². The van der Waals surface area contributed by atoms with Crippen molar-refractivity contribution in [2.75, 3.05) is 26.2 Å². The molecule has 34 heavy (non-hydrogen) atoms. The first-order valence-corrected chi connectivity index (χ1v) is 14.4. The lowest BCUT2D eigenvalue weighted by atomic mass is 9.69. The Morgan fingerprint density at radius 2 is 1.74 bits per heavy atom. The fourth-order valence-electron chi connectivity index (χ4n) is 5.32. The van der Waals surface area contributed by atoms with Crippen molar-refractivity contribution in [2.45, 2.75) is 62.9 Å². The van der Waals surface area contributed by atoms with Gasteiger partial charge in [0.05, 0.1) is 14.9 Å². The van der Waals surface area contributed by atoms with E-state index in [1.54, 1.807) is 12.1 Å². The number of nitrogens with zero attached hydrogens (tertiary/aromatic N) is 1. The molecule has 2 fully saturated rings. The molecular weight excluding hydrogens is 489 g/mol. The Balaban J connectivity index is 1.45. The molecule has 0 spiro atoms. The van der Waals surface area contributed by atoms with E-state index in [4.69, 9.17) is 23.2 Å². The minimum Gasteiger partial charge on any atom is -0.314 e. The fourth-order valence-corrected chi connectivity index (χ4v) is 7.05. The van der Waals surface area contributed by atoms with Crippen LogP contribution in [0.3, 0.4) is 0 Å². The number of hydrogen-bond acceptors (Lipinski definition) is 4. The number of benzene rings is 2. The van der Waals surface area contributed by atoms with Crippen molar-refractivity contribution < 1.29 is 8.42 Å². The van der Waals surface area contributed by atoms with Crippen LogP contribution in [0.25, 0.3) is 0 Å². The van der Waals surface area contributed by atoms with Gasteiger partial charge in [-0.25, -0.2) is 13.1 Å². The molecule has 1 aliphatic heterocycles. The molecule has 1 atom stereocenters. The molecule has 1 aliphatic carbocycles. The molecule has 1 saturated carbocycles. The summed E-state index contributed by atoms with van der Waals surface area (Å²) in [7, 11) is -3.50. The highest BCUT2D eigenvalue weighted by molar-refractivity contribution is 7.89. The second-order valence-electron chi connectivity index (χ2n) is 10.2. The predicted octanol–water partition coefficient (Wildman–Crippen LogP) is 5.57. The third-order valence-electron chi connectivity index (χ3n) is 7.46. The van der Waals surface area contributed by atoms with Gasteiger partial charge in [0.15, 0.2) is 0 Å². The summed E-state index contributed by atoms with van der Waals surface area (Å²) in [5.41, 5.74) is 2.25. The van der Waals surface area contributed by atoms with Crippen LogP contribution in [0, 0.1) is 12.3 Å². The Morgan fingerprint density at radius 1 is 1.09 bits per heavy atom. The highest BCUT2D eigenvalue weighted by Crippen LogP contribution is 2.46. The van der Waals surface area contributed by atoms with Crippen LogP contribution >= 0.6 is 23.2 Å². The summed E-state index contributed by atoms with van der Waals surface area (Å²) < 4.78 is 28.7. The smallest absolute Gasteiger partial charge is 0.240 e. The van der Waals surface area contributed by atoms with Crippen molar-refractivity contribution in [3.8, 4) is 0 Å². The molecule has 2 aromatic carbocycles. The van der Waals surface area contributed by atoms with E-state index >= 15 is 0 Å². The Hall–Kier alpha value is -1.15. The third-order valence-corrected chi connectivity index (χ3v) is 9.83. The van der Waals surface area contributed by atoms with Crippen LogP contribution in [0.2, 0.25) is 10.0 Å². The van der Waals surface area contributed by atoms with Crippen LogP contribution in [0.4, 0.5) is 0 Å². The van der Waals surface area contributed by atoms with Gasteiger partial charge in [-0.1, -0.05) is 60.0 Å². The van der Waals surface area contributed by atoms with Gasteiger partial charge in [0, 0.05) is 38.3 Å².